The van der Waals surface area contributed by atoms with Crippen molar-refractivity contribution >= 4 is 11.9 Å². The number of nitrogens with one attached hydrogen (secondary N) is 1. The minimum absolute atomic E-state index is 0.0246. The van der Waals surface area contributed by atoms with E-state index in [1.807, 2.05) is 0 Å². The highest BCUT2D eigenvalue weighted by Crippen LogP contribution is 2.16. The van der Waals surface area contributed by atoms with Crippen LogP contribution >= 0.6 is 0 Å². The molecule has 0 bridgehead atoms. The molecule has 0 aromatic carbocycles. The Kier molecular flexibility index (Phi) is 45.3. The zero-order valence-electron chi connectivity index (χ0n) is 39.5. The predicted molar refractivity (Wildman–Crippen MR) is 264 cm³/mol. The number of allylic oxidation sites excluding steroid dienone is 16. The van der Waals surface area contributed by atoms with Gasteiger partial charge in [-0.1, -0.05) is 214 Å². The minimum atomic E-state index is -0.811. The van der Waals surface area contributed by atoms with E-state index in [0.717, 1.165) is 109 Å². The maximum Gasteiger partial charge on any atom is 0.306 e. The molecule has 0 aliphatic rings. The number of carbonyl (C=O) groups excluding carboxylic acids is 2. The summed E-state index contributed by atoms with van der Waals surface area (Å²) in [6.45, 7) is 6.20. The van der Waals surface area contributed by atoms with Crippen LogP contribution in [0.3, 0.4) is 0 Å². The van der Waals surface area contributed by atoms with Gasteiger partial charge in [-0.25, -0.2) is 0 Å². The monoisotopic (exact) mass is 848 g/mol. The van der Waals surface area contributed by atoms with Crippen LogP contribution in [-0.4, -0.2) is 46.9 Å². The second-order valence-corrected chi connectivity index (χ2v) is 16.5. The summed E-state index contributed by atoms with van der Waals surface area (Å²) in [5, 5.41) is 23.7. The van der Waals surface area contributed by atoms with Gasteiger partial charge < -0.3 is 20.3 Å². The largest absolute Gasteiger partial charge is 0.462 e. The van der Waals surface area contributed by atoms with Crippen molar-refractivity contribution in [1.29, 1.82) is 0 Å². The van der Waals surface area contributed by atoms with E-state index >= 15 is 0 Å². The van der Waals surface area contributed by atoms with Crippen LogP contribution in [0.15, 0.2) is 97.2 Å². The number of unbranched alkanes of at least 4 members (excludes halogenated alkanes) is 17. The van der Waals surface area contributed by atoms with E-state index in [1.165, 1.54) is 57.8 Å². The Bertz CT molecular complexity index is 1220. The molecule has 1 amide bonds. The molecule has 0 saturated carbocycles. The van der Waals surface area contributed by atoms with Crippen molar-refractivity contribution < 1.29 is 24.5 Å². The average molecular weight is 848 g/mol. The van der Waals surface area contributed by atoms with Crippen LogP contribution in [0.4, 0.5) is 0 Å². The molecule has 6 heteroatoms. The third-order valence-electron chi connectivity index (χ3n) is 10.7. The maximum atomic E-state index is 13.2. The van der Waals surface area contributed by atoms with Crippen LogP contribution in [0, 0.1) is 0 Å². The highest BCUT2D eigenvalue weighted by Gasteiger charge is 2.24. The van der Waals surface area contributed by atoms with Crippen LogP contribution < -0.4 is 5.32 Å². The Morgan fingerprint density at radius 1 is 0.508 bits per heavy atom. The number of aliphatic hydroxyl groups is 2. The van der Waals surface area contributed by atoms with Gasteiger partial charge in [0.15, 0.2) is 0 Å². The van der Waals surface area contributed by atoms with Gasteiger partial charge in [-0.05, 0) is 83.5 Å². The lowest BCUT2D eigenvalue weighted by Gasteiger charge is -2.24. The summed E-state index contributed by atoms with van der Waals surface area (Å²) >= 11 is 0. The van der Waals surface area contributed by atoms with E-state index in [1.54, 1.807) is 0 Å². The fourth-order valence-corrected chi connectivity index (χ4v) is 6.99. The molecular formula is C55H93NO5. The molecule has 0 radical (unpaired) electrons. The van der Waals surface area contributed by atoms with Gasteiger partial charge >= 0.3 is 5.97 Å². The second-order valence-electron chi connectivity index (χ2n) is 16.5. The van der Waals surface area contributed by atoms with E-state index in [4.69, 9.17) is 4.74 Å². The van der Waals surface area contributed by atoms with E-state index in [9.17, 15) is 19.8 Å². The molecular weight excluding hydrogens is 755 g/mol. The molecule has 0 fully saturated rings. The lowest BCUT2D eigenvalue weighted by molar-refractivity contribution is -0.151. The molecule has 61 heavy (non-hydrogen) atoms. The fourth-order valence-electron chi connectivity index (χ4n) is 6.99. The van der Waals surface area contributed by atoms with Gasteiger partial charge in [0.05, 0.1) is 25.2 Å². The third kappa shape index (κ3) is 43.2. The van der Waals surface area contributed by atoms with Crippen molar-refractivity contribution in [3.8, 4) is 0 Å². The topological polar surface area (TPSA) is 95.9 Å². The molecule has 0 aliphatic carbocycles. The highest BCUT2D eigenvalue weighted by atomic mass is 16.5. The summed E-state index contributed by atoms with van der Waals surface area (Å²) < 4.78 is 5.89. The molecule has 0 aromatic rings. The van der Waals surface area contributed by atoms with Crippen LogP contribution in [0.5, 0.6) is 0 Å². The lowest BCUT2D eigenvalue weighted by atomic mass is 10.0. The maximum absolute atomic E-state index is 13.2. The Morgan fingerprint density at radius 3 is 1.54 bits per heavy atom. The van der Waals surface area contributed by atoms with Crippen molar-refractivity contribution in [3.05, 3.63) is 97.2 Å². The third-order valence-corrected chi connectivity index (χ3v) is 10.7. The van der Waals surface area contributed by atoms with Gasteiger partial charge in [-0.15, -0.1) is 0 Å². The number of rotatable bonds is 43. The molecule has 3 unspecified atom stereocenters. The zero-order chi connectivity index (χ0) is 44.5. The van der Waals surface area contributed by atoms with E-state index < -0.39 is 18.2 Å². The molecule has 0 aliphatic heterocycles. The van der Waals surface area contributed by atoms with E-state index in [0.29, 0.717) is 19.3 Å². The van der Waals surface area contributed by atoms with Gasteiger partial charge in [0.2, 0.25) is 5.91 Å². The summed E-state index contributed by atoms with van der Waals surface area (Å²) in [6.07, 6.45) is 63.2. The smallest absolute Gasteiger partial charge is 0.306 e. The fraction of sp³-hybridized carbons (Fsp3) is 0.673. The van der Waals surface area contributed by atoms with Crippen LogP contribution in [0.2, 0.25) is 0 Å². The van der Waals surface area contributed by atoms with E-state index in [2.05, 4.69) is 123 Å². The number of carbonyl (C=O) groups is 2. The normalized spacial score (nSPS) is 14.1. The first-order valence-corrected chi connectivity index (χ1v) is 25.0. The Hall–Kier alpha value is -3.22. The minimum Gasteiger partial charge on any atom is -0.462 e. The molecule has 0 saturated heterocycles. The summed E-state index contributed by atoms with van der Waals surface area (Å²) in [5.41, 5.74) is 0. The van der Waals surface area contributed by atoms with Gasteiger partial charge in [0.25, 0.3) is 0 Å². The standard InChI is InChI=1S/C55H93NO5/c1-4-7-10-13-16-19-22-25-26-27-28-30-31-34-37-40-43-46-51(61-55(60)48-45-42-39-36-33-29-23-20-17-14-11-8-5-2)49-54(59)56-52(50-57)53(58)47-44-41-38-35-32-24-21-18-15-12-9-6-3/h7-8,10-11,14,16-17,19-20,23,25-26,28,30,34,37,51-53,57-58H,4-6,9,12-13,15,18,21-22,24,27,29,31-33,35-36,38-50H2,1-3H3,(H,56,59)/b10-7-,11-8+,17-14+,19-16-,23-20-,26-25-,30-28-,37-34-. The Labute approximate surface area is 376 Å². The first-order valence-electron chi connectivity index (χ1n) is 25.0. The zero-order valence-corrected chi connectivity index (χ0v) is 39.5. The molecule has 0 heterocycles. The molecule has 0 rings (SSSR count). The molecule has 3 atom stereocenters. The quantitative estimate of drug-likeness (QED) is 0.0246. The second kappa shape index (κ2) is 47.8. The van der Waals surface area contributed by atoms with Gasteiger partial charge in [0, 0.05) is 6.42 Å². The number of esters is 1. The number of aliphatic hydroxyl groups excluding tert-OH is 2. The Balaban J connectivity index is 4.76. The van der Waals surface area contributed by atoms with Gasteiger partial charge in [-0.2, -0.15) is 0 Å². The van der Waals surface area contributed by atoms with Gasteiger partial charge in [-0.3, -0.25) is 9.59 Å². The molecule has 0 aromatic heterocycles. The van der Waals surface area contributed by atoms with Crippen molar-refractivity contribution in [2.24, 2.45) is 0 Å². The number of amides is 1. The number of hydrogen-bond donors (Lipinski definition) is 3. The average Bonchev–Trinajstić information content (AvgIpc) is 3.25. The summed E-state index contributed by atoms with van der Waals surface area (Å²) in [5.74, 6) is -0.562. The Morgan fingerprint density at radius 2 is 0.984 bits per heavy atom. The van der Waals surface area contributed by atoms with Crippen LogP contribution in [-0.2, 0) is 14.3 Å². The first kappa shape index (κ1) is 57.8. The molecule has 6 nitrogen and oxygen atoms in total. The van der Waals surface area contributed by atoms with E-state index in [-0.39, 0.29) is 24.9 Å². The SMILES string of the molecule is CC/C=C\C/C=C\C/C=C\C/C=C\C/C=C\CCCC(CC(=O)NC(CO)C(O)CCCCCCCCCCCCCC)OC(=O)CCCCCCC\C=C/C=C/C=C/CC. The lowest BCUT2D eigenvalue weighted by Crippen LogP contribution is -2.46. The van der Waals surface area contributed by atoms with Crippen LogP contribution in [0.1, 0.15) is 213 Å². The summed E-state index contributed by atoms with van der Waals surface area (Å²) in [6, 6.07) is -0.729. The van der Waals surface area contributed by atoms with Crippen molar-refractivity contribution in [3.63, 3.8) is 0 Å². The first-order chi connectivity index (χ1) is 30.0. The van der Waals surface area contributed by atoms with Crippen molar-refractivity contribution in [2.75, 3.05) is 6.61 Å². The molecule has 3 N–H and O–H groups in total. The van der Waals surface area contributed by atoms with Crippen LogP contribution in [0.25, 0.3) is 0 Å². The number of hydrogen-bond acceptors (Lipinski definition) is 5. The summed E-state index contributed by atoms with van der Waals surface area (Å²) in [7, 11) is 0. The predicted octanol–water partition coefficient (Wildman–Crippen LogP) is 14.9. The molecule has 0 spiro atoms. The summed E-state index contributed by atoms with van der Waals surface area (Å²) in [4.78, 5) is 26.1. The number of ether oxygens (including phenoxy) is 1. The van der Waals surface area contributed by atoms with Gasteiger partial charge in [0.1, 0.15) is 6.10 Å². The molecule has 348 valence electrons. The van der Waals surface area contributed by atoms with Crippen molar-refractivity contribution in [2.45, 2.75) is 232 Å². The van der Waals surface area contributed by atoms with Crippen molar-refractivity contribution in [1.82, 2.24) is 5.32 Å². The highest BCUT2D eigenvalue weighted by molar-refractivity contribution is 5.77.